The molecule has 2 aliphatic rings. The Labute approximate surface area is 236 Å². The van der Waals surface area contributed by atoms with Crippen LogP contribution in [0.15, 0.2) is 127 Å². The van der Waals surface area contributed by atoms with Gasteiger partial charge in [0.25, 0.3) is 5.91 Å². The molecule has 0 saturated carbocycles. The molecule has 5 aromatic carbocycles. The van der Waals surface area contributed by atoms with E-state index in [0.717, 1.165) is 22.0 Å². The van der Waals surface area contributed by atoms with Crippen molar-refractivity contribution in [3.63, 3.8) is 0 Å². The van der Waals surface area contributed by atoms with E-state index in [1.54, 1.807) is 59.7 Å². The van der Waals surface area contributed by atoms with E-state index in [0.29, 0.717) is 17.0 Å². The third kappa shape index (κ3) is 4.23. The standard InChI is InChI=1S/C34H24N2O5/c37-32-29-30(23-18-20-26(21-19-23)40-34(39)24-11-3-1-4-12-24)36(25-14-5-2-6-15-25)41-31(29)33(38)35(32)28-17-9-13-22-10-7-8-16-27(22)28/h1-21,29-31H. The van der Waals surface area contributed by atoms with Crippen molar-refractivity contribution in [2.24, 2.45) is 5.92 Å². The van der Waals surface area contributed by atoms with E-state index in [1.165, 1.54) is 4.90 Å². The van der Waals surface area contributed by atoms with Gasteiger partial charge in [-0.2, -0.15) is 0 Å². The van der Waals surface area contributed by atoms with Gasteiger partial charge in [0.15, 0.2) is 6.10 Å². The molecule has 3 unspecified atom stereocenters. The van der Waals surface area contributed by atoms with Crippen LogP contribution in [0.5, 0.6) is 5.75 Å². The minimum atomic E-state index is -0.984. The first-order valence-electron chi connectivity index (χ1n) is 13.3. The first-order chi connectivity index (χ1) is 20.1. The van der Waals surface area contributed by atoms with E-state index in [4.69, 9.17) is 9.57 Å². The second kappa shape index (κ2) is 10.0. The van der Waals surface area contributed by atoms with Gasteiger partial charge in [-0.15, -0.1) is 0 Å². The van der Waals surface area contributed by atoms with Gasteiger partial charge in [0.1, 0.15) is 11.7 Å². The number of anilines is 2. The van der Waals surface area contributed by atoms with E-state index < -0.39 is 29.9 Å². The first kappa shape index (κ1) is 24.7. The molecule has 200 valence electrons. The maximum Gasteiger partial charge on any atom is 0.343 e. The number of hydrogen-bond acceptors (Lipinski definition) is 6. The van der Waals surface area contributed by atoms with Gasteiger partial charge < -0.3 is 4.74 Å². The number of carbonyl (C=O) groups is 3. The Balaban J connectivity index is 1.24. The van der Waals surface area contributed by atoms with Gasteiger partial charge in [0, 0.05) is 5.39 Å². The number of esters is 1. The molecule has 0 bridgehead atoms. The number of rotatable bonds is 5. The molecule has 2 heterocycles. The Morgan fingerprint density at radius 2 is 1.34 bits per heavy atom. The fourth-order valence-electron chi connectivity index (χ4n) is 5.67. The smallest absolute Gasteiger partial charge is 0.343 e. The lowest BCUT2D eigenvalue weighted by atomic mass is 9.90. The van der Waals surface area contributed by atoms with Crippen LogP contribution < -0.4 is 14.7 Å². The lowest BCUT2D eigenvalue weighted by Gasteiger charge is -2.29. The monoisotopic (exact) mass is 540 g/mol. The molecule has 7 heteroatoms. The van der Waals surface area contributed by atoms with Crippen molar-refractivity contribution in [1.29, 1.82) is 0 Å². The van der Waals surface area contributed by atoms with Crippen LogP contribution in [0, 0.1) is 5.92 Å². The van der Waals surface area contributed by atoms with Crippen molar-refractivity contribution < 1.29 is 24.0 Å². The summed E-state index contributed by atoms with van der Waals surface area (Å²) in [4.78, 5) is 48.0. The number of ether oxygens (including phenoxy) is 1. The van der Waals surface area contributed by atoms with Crippen molar-refractivity contribution in [3.8, 4) is 5.75 Å². The largest absolute Gasteiger partial charge is 0.423 e. The van der Waals surface area contributed by atoms with Crippen LogP contribution in [-0.2, 0) is 14.4 Å². The molecule has 2 saturated heterocycles. The molecule has 0 aliphatic carbocycles. The number of benzene rings is 5. The number of carbonyl (C=O) groups excluding carboxylic acids is 3. The molecule has 0 spiro atoms. The quantitative estimate of drug-likeness (QED) is 0.152. The summed E-state index contributed by atoms with van der Waals surface area (Å²) in [6.07, 6.45) is -0.984. The molecule has 3 atom stereocenters. The number of hydrogen-bond donors (Lipinski definition) is 0. The zero-order chi connectivity index (χ0) is 27.9. The van der Waals surface area contributed by atoms with Gasteiger partial charge in [-0.1, -0.05) is 84.9 Å². The van der Waals surface area contributed by atoms with Gasteiger partial charge >= 0.3 is 5.97 Å². The normalized spacial score (nSPS) is 20.0. The predicted octanol–water partition coefficient (Wildman–Crippen LogP) is 6.11. The highest BCUT2D eigenvalue weighted by molar-refractivity contribution is 6.26. The average Bonchev–Trinajstić information content (AvgIpc) is 3.53. The molecule has 0 radical (unpaired) electrons. The number of amides is 2. The van der Waals surface area contributed by atoms with Gasteiger partial charge in [0.2, 0.25) is 5.91 Å². The molecular formula is C34H24N2O5. The summed E-state index contributed by atoms with van der Waals surface area (Å²) in [6, 6.07) is 37.8. The van der Waals surface area contributed by atoms with E-state index in [2.05, 4.69) is 0 Å². The highest BCUT2D eigenvalue weighted by Gasteiger charge is 2.60. The van der Waals surface area contributed by atoms with E-state index in [-0.39, 0.29) is 5.91 Å². The molecule has 7 nitrogen and oxygen atoms in total. The Morgan fingerprint density at radius 3 is 2.10 bits per heavy atom. The van der Waals surface area contributed by atoms with Gasteiger partial charge in [-0.3, -0.25) is 14.4 Å². The van der Waals surface area contributed by atoms with Crippen LogP contribution in [0.1, 0.15) is 22.0 Å². The van der Waals surface area contributed by atoms with E-state index >= 15 is 0 Å². The highest BCUT2D eigenvalue weighted by atomic mass is 16.7. The Morgan fingerprint density at radius 1 is 0.683 bits per heavy atom. The average molecular weight is 541 g/mol. The summed E-state index contributed by atoms with van der Waals surface area (Å²) in [5.74, 6) is -1.58. The van der Waals surface area contributed by atoms with Gasteiger partial charge in [-0.05, 0) is 53.4 Å². The lowest BCUT2D eigenvalue weighted by Crippen LogP contribution is -2.37. The molecule has 2 fully saturated rings. The lowest BCUT2D eigenvalue weighted by molar-refractivity contribution is -0.126. The van der Waals surface area contributed by atoms with E-state index in [9.17, 15) is 14.4 Å². The van der Waals surface area contributed by atoms with Crippen LogP contribution in [0.4, 0.5) is 11.4 Å². The first-order valence-corrected chi connectivity index (χ1v) is 13.3. The summed E-state index contributed by atoms with van der Waals surface area (Å²) in [7, 11) is 0. The summed E-state index contributed by atoms with van der Waals surface area (Å²) >= 11 is 0. The van der Waals surface area contributed by atoms with Gasteiger partial charge in [-0.25, -0.2) is 14.8 Å². The second-order valence-corrected chi connectivity index (χ2v) is 9.99. The van der Waals surface area contributed by atoms with Crippen LogP contribution in [0.2, 0.25) is 0 Å². The number of para-hydroxylation sites is 1. The third-order valence-corrected chi connectivity index (χ3v) is 7.58. The minimum Gasteiger partial charge on any atom is -0.423 e. The van der Waals surface area contributed by atoms with Crippen LogP contribution in [0.3, 0.4) is 0 Å². The molecule has 2 amide bonds. The SMILES string of the molecule is O=C(Oc1ccc(C2C3C(=O)N(c4cccc5ccccc45)C(=O)C3ON2c2ccccc2)cc1)c1ccccc1. The Hall–Kier alpha value is -5.27. The molecule has 0 N–H and O–H groups in total. The number of nitrogens with zero attached hydrogens (tertiary/aromatic N) is 2. The minimum absolute atomic E-state index is 0.320. The highest BCUT2D eigenvalue weighted by Crippen LogP contribution is 2.48. The van der Waals surface area contributed by atoms with Gasteiger partial charge in [0.05, 0.1) is 23.0 Å². The summed E-state index contributed by atoms with van der Waals surface area (Å²) < 4.78 is 5.56. The van der Waals surface area contributed by atoms with Crippen molar-refractivity contribution in [3.05, 3.63) is 139 Å². The molecule has 5 aromatic rings. The summed E-state index contributed by atoms with van der Waals surface area (Å²) in [5.41, 5.74) is 2.47. The summed E-state index contributed by atoms with van der Waals surface area (Å²) in [5, 5.41) is 3.40. The fraction of sp³-hybridized carbons (Fsp3) is 0.0882. The second-order valence-electron chi connectivity index (χ2n) is 9.99. The molecular weight excluding hydrogens is 516 g/mol. The molecule has 41 heavy (non-hydrogen) atoms. The molecule has 0 aromatic heterocycles. The van der Waals surface area contributed by atoms with Crippen molar-refractivity contribution in [2.45, 2.75) is 12.1 Å². The zero-order valence-electron chi connectivity index (χ0n) is 21.8. The Bertz CT molecular complexity index is 1770. The molecule has 2 aliphatic heterocycles. The zero-order valence-corrected chi connectivity index (χ0v) is 21.8. The van der Waals surface area contributed by atoms with Crippen molar-refractivity contribution >= 4 is 39.9 Å². The summed E-state index contributed by atoms with van der Waals surface area (Å²) in [6.45, 7) is 0. The number of fused-ring (bicyclic) bond motifs is 2. The third-order valence-electron chi connectivity index (χ3n) is 7.58. The molecule has 7 rings (SSSR count). The maximum absolute atomic E-state index is 14.1. The van der Waals surface area contributed by atoms with Crippen molar-refractivity contribution in [2.75, 3.05) is 9.96 Å². The topological polar surface area (TPSA) is 76.2 Å². The van der Waals surface area contributed by atoms with Crippen LogP contribution in [0.25, 0.3) is 10.8 Å². The predicted molar refractivity (Wildman–Crippen MR) is 154 cm³/mol. The van der Waals surface area contributed by atoms with Crippen LogP contribution >= 0.6 is 0 Å². The van der Waals surface area contributed by atoms with E-state index in [1.807, 2.05) is 72.8 Å². The maximum atomic E-state index is 14.1. The fourth-order valence-corrected chi connectivity index (χ4v) is 5.67. The number of imide groups is 1. The van der Waals surface area contributed by atoms with Crippen molar-refractivity contribution in [1.82, 2.24) is 0 Å². The van der Waals surface area contributed by atoms with Crippen LogP contribution in [-0.4, -0.2) is 23.9 Å². The Kier molecular flexibility index (Phi) is 6.06. The number of hydroxylamine groups is 1.